The fraction of sp³-hybridized carbons (Fsp3) is 0.0769. The number of rotatable bonds is 8. The van der Waals surface area contributed by atoms with E-state index >= 15 is 0 Å². The summed E-state index contributed by atoms with van der Waals surface area (Å²) >= 11 is 12.4. The topological polar surface area (TPSA) is 64.8 Å². The Kier molecular flexibility index (Phi) is 7.52. The van der Waals surface area contributed by atoms with Crippen molar-refractivity contribution in [1.82, 2.24) is 9.99 Å². The van der Waals surface area contributed by atoms with Gasteiger partial charge in [-0.25, -0.2) is 5.43 Å². The van der Waals surface area contributed by atoms with Crippen LogP contribution in [0.2, 0.25) is 10.0 Å². The average Bonchev–Trinajstić information content (AvgIpc) is 3.39. The Morgan fingerprint density at radius 3 is 2.50 bits per heavy atom. The third kappa shape index (κ3) is 5.60. The van der Waals surface area contributed by atoms with Gasteiger partial charge < -0.3 is 14.0 Å². The van der Waals surface area contributed by atoms with E-state index < -0.39 is 0 Å². The van der Waals surface area contributed by atoms with Gasteiger partial charge >= 0.3 is 0 Å². The van der Waals surface area contributed by atoms with Gasteiger partial charge in [0.15, 0.2) is 11.5 Å². The molecule has 0 aliphatic rings. The number of para-hydroxylation sites is 1. The number of nitrogens with one attached hydrogen (secondary N) is 1. The van der Waals surface area contributed by atoms with Gasteiger partial charge in [-0.15, -0.1) is 0 Å². The minimum atomic E-state index is -0.332. The molecule has 4 rings (SSSR count). The van der Waals surface area contributed by atoms with E-state index in [0.29, 0.717) is 39.3 Å². The highest BCUT2D eigenvalue weighted by Crippen LogP contribution is 2.36. The molecule has 1 amide bonds. The predicted molar refractivity (Wildman–Crippen MR) is 135 cm³/mol. The molecule has 0 aliphatic heterocycles. The van der Waals surface area contributed by atoms with Crippen molar-refractivity contribution in [3.05, 3.63) is 112 Å². The fourth-order valence-corrected chi connectivity index (χ4v) is 3.70. The van der Waals surface area contributed by atoms with E-state index in [1.807, 2.05) is 53.4 Å². The lowest BCUT2D eigenvalue weighted by Gasteiger charge is -2.13. The standard InChI is InChI=1S/C26H21Cl2N3O3/c1-33-24-15-19(14-22(28)25(24)34-17-18-8-10-20(27)11-9-18)16-29-30-26(32)21-6-2-3-7-23(21)31-12-4-5-13-31/h2-16H,17H2,1H3,(H,30,32)/b29-16-. The second-order valence-electron chi connectivity index (χ2n) is 7.26. The van der Waals surface area contributed by atoms with E-state index in [2.05, 4.69) is 10.5 Å². The first-order valence-corrected chi connectivity index (χ1v) is 11.1. The number of hydrogen-bond donors (Lipinski definition) is 1. The molecule has 1 heterocycles. The molecule has 34 heavy (non-hydrogen) atoms. The Morgan fingerprint density at radius 2 is 1.76 bits per heavy atom. The van der Waals surface area contributed by atoms with Crippen molar-refractivity contribution in [2.75, 3.05) is 7.11 Å². The van der Waals surface area contributed by atoms with Crippen molar-refractivity contribution >= 4 is 35.3 Å². The van der Waals surface area contributed by atoms with Crippen molar-refractivity contribution in [3.8, 4) is 17.2 Å². The third-order valence-corrected chi connectivity index (χ3v) is 5.49. The molecule has 1 N–H and O–H groups in total. The third-order valence-electron chi connectivity index (χ3n) is 4.96. The van der Waals surface area contributed by atoms with Crippen LogP contribution >= 0.6 is 23.2 Å². The Bertz CT molecular complexity index is 1300. The summed E-state index contributed by atoms with van der Waals surface area (Å²) in [5, 5.41) is 5.10. The molecule has 0 bridgehead atoms. The van der Waals surface area contributed by atoms with Crippen LogP contribution in [0.15, 0.2) is 90.3 Å². The van der Waals surface area contributed by atoms with Crippen LogP contribution in [0.3, 0.4) is 0 Å². The highest BCUT2D eigenvalue weighted by Gasteiger charge is 2.13. The summed E-state index contributed by atoms with van der Waals surface area (Å²) in [7, 11) is 1.53. The Morgan fingerprint density at radius 1 is 1.03 bits per heavy atom. The van der Waals surface area contributed by atoms with Crippen LogP contribution in [-0.4, -0.2) is 23.8 Å². The summed E-state index contributed by atoms with van der Waals surface area (Å²) < 4.78 is 13.2. The lowest BCUT2D eigenvalue weighted by molar-refractivity contribution is 0.0955. The maximum atomic E-state index is 12.7. The van der Waals surface area contributed by atoms with Crippen molar-refractivity contribution in [3.63, 3.8) is 0 Å². The number of hydrazone groups is 1. The number of aromatic nitrogens is 1. The highest BCUT2D eigenvalue weighted by molar-refractivity contribution is 6.32. The molecule has 1 aromatic heterocycles. The maximum absolute atomic E-state index is 12.7. The monoisotopic (exact) mass is 493 g/mol. The largest absolute Gasteiger partial charge is 0.493 e. The zero-order valence-electron chi connectivity index (χ0n) is 18.2. The predicted octanol–water partition coefficient (Wildman–Crippen LogP) is 6.14. The lowest BCUT2D eigenvalue weighted by atomic mass is 10.1. The first-order chi connectivity index (χ1) is 16.5. The van der Waals surface area contributed by atoms with E-state index in [9.17, 15) is 4.79 Å². The van der Waals surface area contributed by atoms with Crippen LogP contribution in [0, 0.1) is 0 Å². The van der Waals surface area contributed by atoms with Crippen LogP contribution in [0.4, 0.5) is 0 Å². The van der Waals surface area contributed by atoms with Crippen molar-refractivity contribution in [2.24, 2.45) is 5.10 Å². The lowest BCUT2D eigenvalue weighted by Crippen LogP contribution is -2.19. The fourth-order valence-electron chi connectivity index (χ4n) is 3.30. The van der Waals surface area contributed by atoms with Gasteiger partial charge in [-0.2, -0.15) is 5.10 Å². The highest BCUT2D eigenvalue weighted by atomic mass is 35.5. The van der Waals surface area contributed by atoms with E-state index in [1.165, 1.54) is 13.3 Å². The summed E-state index contributed by atoms with van der Waals surface area (Å²) in [5.74, 6) is 0.537. The summed E-state index contributed by atoms with van der Waals surface area (Å²) in [6.07, 6.45) is 5.24. The van der Waals surface area contributed by atoms with Crippen molar-refractivity contribution in [2.45, 2.75) is 6.61 Å². The summed E-state index contributed by atoms with van der Waals surface area (Å²) in [4.78, 5) is 12.7. The van der Waals surface area contributed by atoms with E-state index in [-0.39, 0.29) is 5.91 Å². The van der Waals surface area contributed by atoms with E-state index in [4.69, 9.17) is 32.7 Å². The first kappa shape index (κ1) is 23.4. The first-order valence-electron chi connectivity index (χ1n) is 10.4. The molecule has 0 spiro atoms. The van der Waals surface area contributed by atoms with Crippen LogP contribution in [-0.2, 0) is 6.61 Å². The quantitative estimate of drug-likeness (QED) is 0.237. The van der Waals surface area contributed by atoms with Crippen molar-refractivity contribution in [1.29, 1.82) is 0 Å². The molecule has 8 heteroatoms. The normalized spacial score (nSPS) is 10.9. The Labute approximate surface area is 207 Å². The molecule has 0 fully saturated rings. The zero-order valence-corrected chi connectivity index (χ0v) is 19.8. The second kappa shape index (κ2) is 10.9. The maximum Gasteiger partial charge on any atom is 0.273 e. The molecule has 0 radical (unpaired) electrons. The van der Waals surface area contributed by atoms with Gasteiger partial charge in [-0.05, 0) is 59.7 Å². The Balaban J connectivity index is 1.46. The number of nitrogens with zero attached hydrogens (tertiary/aromatic N) is 2. The van der Waals surface area contributed by atoms with Gasteiger partial charge in [0.05, 0.1) is 29.6 Å². The minimum Gasteiger partial charge on any atom is -0.493 e. The van der Waals surface area contributed by atoms with Crippen LogP contribution in [0.1, 0.15) is 21.5 Å². The number of halogens is 2. The van der Waals surface area contributed by atoms with Crippen LogP contribution in [0.25, 0.3) is 5.69 Å². The molecule has 0 aliphatic carbocycles. The molecule has 4 aromatic rings. The average molecular weight is 494 g/mol. The van der Waals surface area contributed by atoms with Gasteiger partial charge in [0.2, 0.25) is 0 Å². The summed E-state index contributed by atoms with van der Waals surface area (Å²) in [5.41, 5.74) is 5.40. The molecule has 3 aromatic carbocycles. The summed E-state index contributed by atoms with van der Waals surface area (Å²) in [6, 6.07) is 21.8. The van der Waals surface area contributed by atoms with Gasteiger partial charge in [-0.3, -0.25) is 4.79 Å². The van der Waals surface area contributed by atoms with Gasteiger partial charge in [0.1, 0.15) is 6.61 Å². The molecule has 0 saturated carbocycles. The van der Waals surface area contributed by atoms with Gasteiger partial charge in [-0.1, -0.05) is 47.5 Å². The molecule has 0 atom stereocenters. The summed E-state index contributed by atoms with van der Waals surface area (Å²) in [6.45, 7) is 0.303. The number of methoxy groups -OCH3 is 1. The van der Waals surface area contributed by atoms with Gasteiger partial charge in [0, 0.05) is 17.4 Å². The van der Waals surface area contributed by atoms with Crippen molar-refractivity contribution < 1.29 is 14.3 Å². The zero-order chi connectivity index (χ0) is 23.9. The van der Waals surface area contributed by atoms with Crippen LogP contribution in [0.5, 0.6) is 11.5 Å². The molecular weight excluding hydrogens is 473 g/mol. The van der Waals surface area contributed by atoms with Gasteiger partial charge in [0.25, 0.3) is 5.91 Å². The Hall–Kier alpha value is -3.74. The molecular formula is C26H21Cl2N3O3. The molecule has 0 unspecified atom stereocenters. The second-order valence-corrected chi connectivity index (χ2v) is 8.10. The SMILES string of the molecule is COc1cc(/C=N\NC(=O)c2ccccc2-n2cccc2)cc(Cl)c1OCc1ccc(Cl)cc1. The molecule has 172 valence electrons. The molecule has 0 saturated heterocycles. The molecule has 6 nitrogen and oxygen atoms in total. The number of carbonyl (C=O) groups excluding carboxylic acids is 1. The smallest absolute Gasteiger partial charge is 0.273 e. The number of carbonyl (C=O) groups is 1. The minimum absolute atomic E-state index is 0.303. The number of hydrogen-bond acceptors (Lipinski definition) is 4. The van der Waals surface area contributed by atoms with Crippen LogP contribution < -0.4 is 14.9 Å². The number of amides is 1. The van der Waals surface area contributed by atoms with E-state index in [1.54, 1.807) is 36.4 Å². The number of benzene rings is 3. The number of ether oxygens (including phenoxy) is 2. The van der Waals surface area contributed by atoms with E-state index in [0.717, 1.165) is 11.3 Å².